The highest BCUT2D eigenvalue weighted by molar-refractivity contribution is 9.09. The third-order valence-electron chi connectivity index (χ3n) is 2.86. The molecule has 0 aromatic heterocycles. The number of hydrogen-bond donors (Lipinski definition) is 0. The number of nitrogens with zero attached hydrogens (tertiary/aromatic N) is 2. The van der Waals surface area contributed by atoms with Gasteiger partial charge in [0, 0.05) is 28.9 Å². The van der Waals surface area contributed by atoms with Gasteiger partial charge in [0.2, 0.25) is 0 Å². The smallest absolute Gasteiger partial charge is 0.159 e. The van der Waals surface area contributed by atoms with Crippen LogP contribution in [0.15, 0.2) is 4.99 Å². The summed E-state index contributed by atoms with van der Waals surface area (Å²) in [6.07, 6.45) is 4.92. The Hall–Kier alpha value is 0.650. The zero-order valence-corrected chi connectivity index (χ0v) is 12.2. The van der Waals surface area contributed by atoms with Crippen LogP contribution in [0.2, 0.25) is 0 Å². The van der Waals surface area contributed by atoms with Crippen LogP contribution in [-0.4, -0.2) is 51.8 Å². The van der Waals surface area contributed by atoms with Gasteiger partial charge < -0.3 is 4.90 Å². The number of hydrogen-bond acceptors (Lipinski definition) is 4. The Morgan fingerprint density at radius 2 is 2.53 bits per heavy atom. The fourth-order valence-corrected chi connectivity index (χ4v) is 4.27. The summed E-state index contributed by atoms with van der Waals surface area (Å²) in [5, 5.41) is 3.82. The Morgan fingerprint density at radius 1 is 1.67 bits per heavy atom. The van der Waals surface area contributed by atoms with Gasteiger partial charge in [-0.2, -0.15) is 11.8 Å². The van der Waals surface area contributed by atoms with E-state index >= 15 is 0 Å². The molecule has 0 amide bonds. The van der Waals surface area contributed by atoms with Crippen LogP contribution in [0.3, 0.4) is 0 Å². The Bertz CT molecular complexity index is 248. The van der Waals surface area contributed by atoms with Crippen molar-refractivity contribution >= 4 is 44.6 Å². The minimum absolute atomic E-state index is 0.662. The number of thioether (sulfide) groups is 2. The molecule has 5 heteroatoms. The average Bonchev–Trinajstić information content (AvgIpc) is 2.78. The SMILES string of the molecule is CSC1CCCN(C2=NCC(CBr)S2)C1. The molecule has 2 heterocycles. The van der Waals surface area contributed by atoms with Crippen molar-refractivity contribution in [2.24, 2.45) is 4.99 Å². The molecule has 0 radical (unpaired) electrons. The van der Waals surface area contributed by atoms with Crippen LogP contribution in [0.1, 0.15) is 12.8 Å². The number of alkyl halides is 1. The zero-order chi connectivity index (χ0) is 10.7. The molecule has 2 unspecified atom stereocenters. The molecule has 2 atom stereocenters. The van der Waals surface area contributed by atoms with Gasteiger partial charge in [0.1, 0.15) is 0 Å². The molecule has 0 N–H and O–H groups in total. The predicted octanol–water partition coefficient (Wildman–Crippen LogP) is 2.68. The topological polar surface area (TPSA) is 15.6 Å². The molecule has 2 aliphatic heterocycles. The van der Waals surface area contributed by atoms with Crippen molar-refractivity contribution in [2.75, 3.05) is 31.2 Å². The van der Waals surface area contributed by atoms with Crippen molar-refractivity contribution in [3.8, 4) is 0 Å². The molecule has 2 aliphatic rings. The summed E-state index contributed by atoms with van der Waals surface area (Å²) >= 11 is 7.49. The van der Waals surface area contributed by atoms with Crippen LogP contribution in [0.25, 0.3) is 0 Å². The second-order valence-corrected chi connectivity index (χ2v) is 7.02. The van der Waals surface area contributed by atoms with E-state index in [0.717, 1.165) is 17.1 Å². The lowest BCUT2D eigenvalue weighted by molar-refractivity contribution is 0.355. The van der Waals surface area contributed by atoms with E-state index in [1.807, 2.05) is 23.5 Å². The van der Waals surface area contributed by atoms with Crippen LogP contribution < -0.4 is 0 Å². The Morgan fingerprint density at radius 3 is 3.20 bits per heavy atom. The lowest BCUT2D eigenvalue weighted by atomic mass is 10.1. The van der Waals surface area contributed by atoms with E-state index in [0.29, 0.717) is 5.25 Å². The lowest BCUT2D eigenvalue weighted by Gasteiger charge is -2.33. The second kappa shape index (κ2) is 5.82. The highest BCUT2D eigenvalue weighted by atomic mass is 79.9. The molecule has 15 heavy (non-hydrogen) atoms. The van der Waals surface area contributed by atoms with E-state index in [-0.39, 0.29) is 0 Å². The summed E-state index contributed by atoms with van der Waals surface area (Å²) in [4.78, 5) is 7.13. The molecular weight excluding hydrogens is 292 g/mol. The molecule has 0 aromatic rings. The average molecular weight is 309 g/mol. The first kappa shape index (κ1) is 12.1. The maximum Gasteiger partial charge on any atom is 0.159 e. The highest BCUT2D eigenvalue weighted by Crippen LogP contribution is 2.28. The van der Waals surface area contributed by atoms with Gasteiger partial charge in [-0.15, -0.1) is 0 Å². The summed E-state index contributed by atoms with van der Waals surface area (Å²) in [6, 6.07) is 0. The number of amidine groups is 1. The van der Waals surface area contributed by atoms with Crippen molar-refractivity contribution in [1.29, 1.82) is 0 Å². The summed E-state index contributed by atoms with van der Waals surface area (Å²) in [7, 11) is 0. The van der Waals surface area contributed by atoms with E-state index in [2.05, 4.69) is 32.1 Å². The fourth-order valence-electron chi connectivity index (χ4n) is 1.96. The first-order chi connectivity index (χ1) is 7.33. The molecule has 0 aromatic carbocycles. The van der Waals surface area contributed by atoms with Gasteiger partial charge in [0.05, 0.1) is 6.54 Å². The number of halogens is 1. The molecule has 0 saturated carbocycles. The highest BCUT2D eigenvalue weighted by Gasteiger charge is 2.27. The van der Waals surface area contributed by atoms with E-state index in [1.54, 1.807) is 0 Å². The van der Waals surface area contributed by atoms with Gasteiger partial charge in [-0.1, -0.05) is 27.7 Å². The first-order valence-corrected chi connectivity index (χ1v) is 8.67. The van der Waals surface area contributed by atoms with Crippen LogP contribution in [0, 0.1) is 0 Å². The largest absolute Gasteiger partial charge is 0.350 e. The van der Waals surface area contributed by atoms with Crippen molar-refractivity contribution in [1.82, 2.24) is 4.90 Å². The number of likely N-dealkylation sites (tertiary alicyclic amines) is 1. The third kappa shape index (κ3) is 3.07. The summed E-state index contributed by atoms with van der Waals surface area (Å²) in [6.45, 7) is 3.39. The lowest BCUT2D eigenvalue weighted by Crippen LogP contribution is -2.39. The zero-order valence-electron chi connectivity index (χ0n) is 8.99. The maximum absolute atomic E-state index is 4.65. The van der Waals surface area contributed by atoms with Crippen LogP contribution in [0.4, 0.5) is 0 Å². The summed E-state index contributed by atoms with van der Waals surface area (Å²) in [5.74, 6) is 0. The maximum atomic E-state index is 4.65. The monoisotopic (exact) mass is 308 g/mol. The van der Waals surface area contributed by atoms with Gasteiger partial charge in [0.15, 0.2) is 5.17 Å². The molecule has 0 spiro atoms. The number of aliphatic imine (C=N–C) groups is 1. The molecule has 2 nitrogen and oxygen atoms in total. The second-order valence-electron chi connectivity index (χ2n) is 3.96. The van der Waals surface area contributed by atoms with E-state index in [9.17, 15) is 0 Å². The number of rotatable bonds is 2. The molecule has 0 aliphatic carbocycles. The van der Waals surface area contributed by atoms with E-state index < -0.39 is 0 Å². The fraction of sp³-hybridized carbons (Fsp3) is 0.900. The van der Waals surface area contributed by atoms with Crippen LogP contribution >= 0.6 is 39.5 Å². The van der Waals surface area contributed by atoms with Gasteiger partial charge in [-0.25, -0.2) is 0 Å². The summed E-state index contributed by atoms with van der Waals surface area (Å²) in [5.41, 5.74) is 0. The normalized spacial score (nSPS) is 31.9. The Labute approximate surface area is 109 Å². The Kier molecular flexibility index (Phi) is 4.70. The van der Waals surface area contributed by atoms with Gasteiger partial charge >= 0.3 is 0 Å². The van der Waals surface area contributed by atoms with Crippen LogP contribution in [-0.2, 0) is 0 Å². The van der Waals surface area contributed by atoms with Crippen molar-refractivity contribution in [3.63, 3.8) is 0 Å². The minimum Gasteiger partial charge on any atom is -0.350 e. The van der Waals surface area contributed by atoms with Gasteiger partial charge in [-0.3, -0.25) is 4.99 Å². The first-order valence-electron chi connectivity index (χ1n) is 5.38. The van der Waals surface area contributed by atoms with E-state index in [4.69, 9.17) is 0 Å². The predicted molar refractivity (Wildman–Crippen MR) is 75.6 cm³/mol. The third-order valence-corrected chi connectivity index (χ3v) is 6.37. The van der Waals surface area contributed by atoms with Gasteiger partial charge in [0.25, 0.3) is 0 Å². The molecule has 86 valence electrons. The minimum atomic E-state index is 0.662. The quantitative estimate of drug-likeness (QED) is 0.729. The molecule has 0 bridgehead atoms. The van der Waals surface area contributed by atoms with E-state index in [1.165, 1.54) is 31.1 Å². The molecule has 2 rings (SSSR count). The standard InChI is InChI=1S/C10H17BrN2S2/c1-14-8-3-2-4-13(7-8)10-12-6-9(5-11)15-10/h8-9H,2-7H2,1H3. The number of piperidine rings is 1. The van der Waals surface area contributed by atoms with Crippen molar-refractivity contribution in [3.05, 3.63) is 0 Å². The van der Waals surface area contributed by atoms with Crippen molar-refractivity contribution < 1.29 is 0 Å². The van der Waals surface area contributed by atoms with Gasteiger partial charge in [-0.05, 0) is 19.1 Å². The molecular formula is C10H17BrN2S2. The summed E-state index contributed by atoms with van der Waals surface area (Å²) < 4.78 is 0. The van der Waals surface area contributed by atoms with Crippen LogP contribution in [0.5, 0.6) is 0 Å². The molecule has 1 saturated heterocycles. The van der Waals surface area contributed by atoms with Crippen molar-refractivity contribution in [2.45, 2.75) is 23.3 Å². The Balaban J connectivity index is 1.88. The molecule has 1 fully saturated rings.